The van der Waals surface area contributed by atoms with Gasteiger partial charge in [0.25, 0.3) is 0 Å². The average molecular weight is 383 g/mol. The van der Waals surface area contributed by atoms with Crippen LogP contribution in [0.15, 0.2) is 54.6 Å². The molecule has 4 heteroatoms. The van der Waals surface area contributed by atoms with Crippen LogP contribution in [0.5, 0.6) is 0 Å². The van der Waals surface area contributed by atoms with Gasteiger partial charge in [-0.1, -0.05) is 55.5 Å². The summed E-state index contributed by atoms with van der Waals surface area (Å²) < 4.78 is 6.11. The summed E-state index contributed by atoms with van der Waals surface area (Å²) in [6.45, 7) is 1.96. The van der Waals surface area contributed by atoms with Gasteiger partial charge in [-0.25, -0.2) is 0 Å². The molecule has 0 amide bonds. The third kappa shape index (κ3) is 5.20. The lowest BCUT2D eigenvalue weighted by atomic mass is 9.77. The van der Waals surface area contributed by atoms with Crippen molar-refractivity contribution in [2.24, 2.45) is 11.8 Å². The van der Waals surface area contributed by atoms with E-state index in [1.807, 2.05) is 37.3 Å². The molecule has 0 aliphatic carbocycles. The Hall–Kier alpha value is -2.20. The molecule has 0 saturated carbocycles. The Bertz CT molecular complexity index is 721. The van der Waals surface area contributed by atoms with Crippen LogP contribution in [-0.2, 0) is 14.3 Å². The van der Waals surface area contributed by atoms with Gasteiger partial charge >= 0.3 is 5.97 Å². The molecule has 2 aliphatic heterocycles. The van der Waals surface area contributed by atoms with Crippen molar-refractivity contribution in [3.05, 3.63) is 60.2 Å². The second kappa shape index (κ2) is 9.83. The van der Waals surface area contributed by atoms with Crippen molar-refractivity contribution < 1.29 is 19.4 Å². The first-order valence-corrected chi connectivity index (χ1v) is 10.4. The minimum absolute atomic E-state index is 0.135. The number of carbonyl (C=O) groups is 2. The fraction of sp³-hybridized carbons (Fsp3) is 0.500. The van der Waals surface area contributed by atoms with E-state index >= 15 is 0 Å². The molecule has 1 N–H and O–H groups in total. The van der Waals surface area contributed by atoms with Crippen LogP contribution >= 0.6 is 0 Å². The maximum atomic E-state index is 12.6. The minimum Gasteiger partial charge on any atom is -0.481 e. The molecule has 150 valence electrons. The number of ether oxygens (including phenoxy) is 1. The van der Waals surface area contributed by atoms with Crippen molar-refractivity contribution in [3.63, 3.8) is 0 Å². The summed E-state index contributed by atoms with van der Waals surface area (Å²) >= 11 is 0. The molecule has 2 heterocycles. The molecule has 2 bridgehead atoms. The highest BCUT2D eigenvalue weighted by Crippen LogP contribution is 2.45. The molecule has 2 aliphatic rings. The summed E-state index contributed by atoms with van der Waals surface area (Å²) in [5.41, 5.74) is 1.04. The predicted octanol–water partition coefficient (Wildman–Crippen LogP) is 4.91. The van der Waals surface area contributed by atoms with Crippen LogP contribution in [0, 0.1) is 11.8 Å². The topological polar surface area (TPSA) is 63.6 Å². The van der Waals surface area contributed by atoms with Crippen molar-refractivity contribution in [1.29, 1.82) is 0 Å². The summed E-state index contributed by atoms with van der Waals surface area (Å²) in [5.74, 6) is -0.0455. The second-order valence-electron chi connectivity index (χ2n) is 7.92. The molecule has 3 rings (SSSR count). The SMILES string of the molecule is CC(C(=O)C=C[C@H]1[C@@H](CC=CCCCC(=O)O)[C@H]2CC[C@@H]1O2)c1ccccc1. The number of allylic oxidation sites excluding steroid dienone is 3. The highest BCUT2D eigenvalue weighted by atomic mass is 16.5. The summed E-state index contributed by atoms with van der Waals surface area (Å²) in [6, 6.07) is 9.88. The number of carboxylic acids is 1. The standard InChI is InChI=1S/C24H30O4/c1-17(18-9-5-4-6-10-18)21(25)14-13-20-19(22-15-16-23(20)28-22)11-7-2-3-8-12-24(26)27/h2,4-7,9-10,13-14,17,19-20,22-23H,3,8,11-12,15-16H2,1H3,(H,26,27)/t17?,19-,20+,22-,23+/m1/s1. The third-order valence-corrected chi connectivity index (χ3v) is 6.03. The number of carbonyl (C=O) groups excluding carboxylic acids is 1. The first-order valence-electron chi connectivity index (χ1n) is 10.4. The first-order chi connectivity index (χ1) is 13.6. The van der Waals surface area contributed by atoms with Gasteiger partial charge in [0.2, 0.25) is 0 Å². The maximum Gasteiger partial charge on any atom is 0.303 e. The number of carboxylic acid groups (broad SMARTS) is 1. The highest BCUT2D eigenvalue weighted by molar-refractivity contribution is 5.95. The van der Waals surface area contributed by atoms with Crippen molar-refractivity contribution in [1.82, 2.24) is 0 Å². The minimum atomic E-state index is -0.741. The lowest BCUT2D eigenvalue weighted by Gasteiger charge is -2.24. The van der Waals surface area contributed by atoms with E-state index in [4.69, 9.17) is 9.84 Å². The van der Waals surface area contributed by atoms with Crippen LogP contribution in [0.3, 0.4) is 0 Å². The Kier molecular flexibility index (Phi) is 7.21. The number of ketones is 1. The largest absolute Gasteiger partial charge is 0.481 e. The number of unbranched alkanes of at least 4 members (excludes halogenated alkanes) is 1. The van der Waals surface area contributed by atoms with Gasteiger partial charge in [-0.3, -0.25) is 9.59 Å². The van der Waals surface area contributed by atoms with E-state index in [9.17, 15) is 9.59 Å². The first kappa shape index (κ1) is 20.5. The Morgan fingerprint density at radius 3 is 2.68 bits per heavy atom. The smallest absolute Gasteiger partial charge is 0.303 e. The van der Waals surface area contributed by atoms with Crippen LogP contribution in [0.4, 0.5) is 0 Å². The van der Waals surface area contributed by atoms with E-state index in [1.165, 1.54) is 0 Å². The Labute approximate surface area is 167 Å². The van der Waals surface area contributed by atoms with Crippen molar-refractivity contribution in [2.75, 3.05) is 0 Å². The number of benzene rings is 1. The van der Waals surface area contributed by atoms with Crippen molar-refractivity contribution in [2.45, 2.75) is 63.6 Å². The maximum absolute atomic E-state index is 12.6. The summed E-state index contributed by atoms with van der Waals surface area (Å²) in [6.07, 6.45) is 13.4. The van der Waals surface area contributed by atoms with Crippen LogP contribution in [0.2, 0.25) is 0 Å². The average Bonchev–Trinajstić information content (AvgIpc) is 3.30. The van der Waals surface area contributed by atoms with E-state index < -0.39 is 5.97 Å². The van der Waals surface area contributed by atoms with Gasteiger partial charge in [-0.2, -0.15) is 0 Å². The lowest BCUT2D eigenvalue weighted by molar-refractivity contribution is -0.137. The lowest BCUT2D eigenvalue weighted by Crippen LogP contribution is -2.25. The fourth-order valence-corrected chi connectivity index (χ4v) is 4.39. The van der Waals surface area contributed by atoms with Crippen LogP contribution in [0.1, 0.15) is 56.9 Å². The predicted molar refractivity (Wildman–Crippen MR) is 109 cm³/mol. The molecule has 2 saturated heterocycles. The zero-order valence-electron chi connectivity index (χ0n) is 16.5. The molecule has 28 heavy (non-hydrogen) atoms. The molecular formula is C24H30O4. The molecule has 0 aromatic heterocycles. The zero-order chi connectivity index (χ0) is 19.9. The summed E-state index contributed by atoms with van der Waals surface area (Å²) in [4.78, 5) is 23.2. The van der Waals surface area contributed by atoms with Gasteiger partial charge in [0.1, 0.15) is 0 Å². The quantitative estimate of drug-likeness (QED) is 0.355. The van der Waals surface area contributed by atoms with E-state index in [-0.39, 0.29) is 36.2 Å². The van der Waals surface area contributed by atoms with Gasteiger partial charge in [0, 0.05) is 18.3 Å². The van der Waals surface area contributed by atoms with Gasteiger partial charge in [0.05, 0.1) is 12.2 Å². The number of aliphatic carboxylic acids is 1. The Balaban J connectivity index is 1.55. The monoisotopic (exact) mass is 382 g/mol. The van der Waals surface area contributed by atoms with E-state index in [1.54, 1.807) is 6.08 Å². The van der Waals surface area contributed by atoms with E-state index in [0.29, 0.717) is 12.3 Å². The summed E-state index contributed by atoms with van der Waals surface area (Å²) in [7, 11) is 0. The molecule has 1 aromatic carbocycles. The van der Waals surface area contributed by atoms with Gasteiger partial charge < -0.3 is 9.84 Å². The van der Waals surface area contributed by atoms with Gasteiger partial charge in [0.15, 0.2) is 5.78 Å². The number of rotatable bonds is 10. The molecule has 1 unspecified atom stereocenters. The normalized spacial score (nSPS) is 27.6. The second-order valence-corrected chi connectivity index (χ2v) is 7.92. The van der Waals surface area contributed by atoms with Crippen LogP contribution in [-0.4, -0.2) is 29.1 Å². The van der Waals surface area contributed by atoms with Crippen molar-refractivity contribution in [3.8, 4) is 0 Å². The molecule has 4 nitrogen and oxygen atoms in total. The molecule has 0 spiro atoms. The Morgan fingerprint density at radius 1 is 1.18 bits per heavy atom. The molecule has 5 atom stereocenters. The van der Waals surface area contributed by atoms with Crippen LogP contribution < -0.4 is 0 Å². The van der Waals surface area contributed by atoms with Gasteiger partial charge in [-0.15, -0.1) is 0 Å². The molecular weight excluding hydrogens is 352 g/mol. The zero-order valence-corrected chi connectivity index (χ0v) is 16.5. The molecule has 2 fully saturated rings. The molecule has 0 radical (unpaired) electrons. The molecule has 1 aromatic rings. The number of hydrogen-bond donors (Lipinski definition) is 1. The number of hydrogen-bond acceptors (Lipinski definition) is 3. The van der Waals surface area contributed by atoms with Crippen LogP contribution in [0.25, 0.3) is 0 Å². The fourth-order valence-electron chi connectivity index (χ4n) is 4.39. The third-order valence-electron chi connectivity index (χ3n) is 6.03. The van der Waals surface area contributed by atoms with Crippen molar-refractivity contribution >= 4 is 11.8 Å². The van der Waals surface area contributed by atoms with E-state index in [2.05, 4.69) is 18.2 Å². The Morgan fingerprint density at radius 2 is 1.93 bits per heavy atom. The summed E-state index contributed by atoms with van der Waals surface area (Å²) in [5, 5.41) is 8.69. The van der Waals surface area contributed by atoms with Gasteiger partial charge in [-0.05, 0) is 49.7 Å². The highest BCUT2D eigenvalue weighted by Gasteiger charge is 2.46. The number of fused-ring (bicyclic) bond motifs is 2. The van der Waals surface area contributed by atoms with E-state index in [0.717, 1.165) is 31.2 Å².